The van der Waals surface area contributed by atoms with E-state index in [1.807, 2.05) is 12.1 Å². The number of benzene rings is 1. The summed E-state index contributed by atoms with van der Waals surface area (Å²) >= 11 is 0. The molecule has 0 radical (unpaired) electrons. The van der Waals surface area contributed by atoms with Crippen LogP contribution in [0.1, 0.15) is 36.7 Å². The molecule has 0 atom stereocenters. The number of carboxylic acid groups (broad SMARTS) is 1. The highest BCUT2D eigenvalue weighted by Crippen LogP contribution is 2.22. The Morgan fingerprint density at radius 1 is 1.18 bits per heavy atom. The minimum Gasteiger partial charge on any atom is -0.548 e. The van der Waals surface area contributed by atoms with Gasteiger partial charge in [0.2, 0.25) is 0 Å². The van der Waals surface area contributed by atoms with Gasteiger partial charge in [-0.3, -0.25) is 4.79 Å². The number of carboxylic acids is 1. The number of amides is 1. The van der Waals surface area contributed by atoms with Crippen LogP contribution in [0.3, 0.4) is 0 Å². The molecule has 0 heterocycles. The SMILES string of the molecule is CC(C)(C)c1ccc(C(=O)NCC(=O)[O-])cc1. The Hall–Kier alpha value is -1.84. The third kappa shape index (κ3) is 3.90. The molecule has 0 bridgehead atoms. The maximum Gasteiger partial charge on any atom is 0.251 e. The highest BCUT2D eigenvalue weighted by atomic mass is 16.4. The van der Waals surface area contributed by atoms with E-state index in [0.29, 0.717) is 5.56 Å². The molecule has 1 aromatic carbocycles. The average molecular weight is 234 g/mol. The number of hydrogen-bond acceptors (Lipinski definition) is 3. The molecule has 4 heteroatoms. The Kier molecular flexibility index (Phi) is 3.89. The molecule has 0 aliphatic rings. The van der Waals surface area contributed by atoms with Crippen molar-refractivity contribution in [2.45, 2.75) is 26.2 Å². The van der Waals surface area contributed by atoms with Crippen molar-refractivity contribution >= 4 is 11.9 Å². The summed E-state index contributed by atoms with van der Waals surface area (Å²) in [6.45, 7) is 5.77. The van der Waals surface area contributed by atoms with Crippen molar-refractivity contribution in [1.29, 1.82) is 0 Å². The number of rotatable bonds is 3. The number of carbonyl (C=O) groups excluding carboxylic acids is 2. The monoisotopic (exact) mass is 234 g/mol. The van der Waals surface area contributed by atoms with Crippen molar-refractivity contribution in [1.82, 2.24) is 5.32 Å². The maximum absolute atomic E-state index is 11.5. The number of carbonyl (C=O) groups is 2. The van der Waals surface area contributed by atoms with Crippen LogP contribution in [-0.4, -0.2) is 18.4 Å². The van der Waals surface area contributed by atoms with E-state index in [0.717, 1.165) is 5.56 Å². The molecule has 0 saturated heterocycles. The fourth-order valence-corrected chi connectivity index (χ4v) is 1.38. The van der Waals surface area contributed by atoms with Crippen LogP contribution in [0.4, 0.5) is 0 Å². The fraction of sp³-hybridized carbons (Fsp3) is 0.385. The summed E-state index contributed by atoms with van der Waals surface area (Å²) in [7, 11) is 0. The van der Waals surface area contributed by atoms with E-state index in [1.54, 1.807) is 12.1 Å². The first-order valence-electron chi connectivity index (χ1n) is 5.39. The van der Waals surface area contributed by atoms with Gasteiger partial charge in [-0.15, -0.1) is 0 Å². The minimum absolute atomic E-state index is 0.0278. The summed E-state index contributed by atoms with van der Waals surface area (Å²) in [4.78, 5) is 21.7. The van der Waals surface area contributed by atoms with Crippen LogP contribution in [0.2, 0.25) is 0 Å². The van der Waals surface area contributed by atoms with Gasteiger partial charge in [0, 0.05) is 5.56 Å². The molecule has 1 rings (SSSR count). The first-order chi connectivity index (χ1) is 7.80. The van der Waals surface area contributed by atoms with Crippen LogP contribution in [-0.2, 0) is 10.2 Å². The summed E-state index contributed by atoms with van der Waals surface area (Å²) in [5.41, 5.74) is 1.59. The highest BCUT2D eigenvalue weighted by molar-refractivity contribution is 5.95. The van der Waals surface area contributed by atoms with E-state index in [1.165, 1.54) is 0 Å². The Labute approximate surface area is 101 Å². The molecule has 0 fully saturated rings. The zero-order valence-corrected chi connectivity index (χ0v) is 10.2. The van der Waals surface area contributed by atoms with Gasteiger partial charge in [-0.2, -0.15) is 0 Å². The molecule has 0 spiro atoms. The predicted molar refractivity (Wildman–Crippen MR) is 62.5 cm³/mol. The molecule has 0 aliphatic carbocycles. The smallest absolute Gasteiger partial charge is 0.251 e. The summed E-state index contributed by atoms with van der Waals surface area (Å²) in [5, 5.41) is 12.5. The highest BCUT2D eigenvalue weighted by Gasteiger charge is 2.14. The molecule has 1 N–H and O–H groups in total. The van der Waals surface area contributed by atoms with Crippen LogP contribution in [0.25, 0.3) is 0 Å². The predicted octanol–water partition coefficient (Wildman–Crippen LogP) is 0.464. The van der Waals surface area contributed by atoms with Crippen LogP contribution in [0.15, 0.2) is 24.3 Å². The van der Waals surface area contributed by atoms with Crippen molar-refractivity contribution < 1.29 is 14.7 Å². The Bertz CT molecular complexity index is 415. The molecule has 1 amide bonds. The molecule has 0 aliphatic heterocycles. The van der Waals surface area contributed by atoms with E-state index < -0.39 is 18.4 Å². The normalized spacial score (nSPS) is 11.0. The molecule has 92 valence electrons. The molecule has 0 aromatic heterocycles. The van der Waals surface area contributed by atoms with Crippen LogP contribution >= 0.6 is 0 Å². The molecule has 4 nitrogen and oxygen atoms in total. The van der Waals surface area contributed by atoms with Gasteiger partial charge in [-0.05, 0) is 23.1 Å². The third-order valence-corrected chi connectivity index (χ3v) is 2.41. The zero-order valence-electron chi connectivity index (χ0n) is 10.2. The van der Waals surface area contributed by atoms with Gasteiger partial charge in [-0.25, -0.2) is 0 Å². The van der Waals surface area contributed by atoms with Gasteiger partial charge in [0.1, 0.15) is 0 Å². The molecule has 17 heavy (non-hydrogen) atoms. The second-order valence-corrected chi connectivity index (χ2v) is 4.88. The Balaban J connectivity index is 2.74. The van der Waals surface area contributed by atoms with Gasteiger partial charge in [0.25, 0.3) is 5.91 Å². The Morgan fingerprint density at radius 3 is 2.12 bits per heavy atom. The van der Waals surface area contributed by atoms with Gasteiger partial charge < -0.3 is 15.2 Å². The van der Waals surface area contributed by atoms with E-state index >= 15 is 0 Å². The van der Waals surface area contributed by atoms with Crippen molar-refractivity contribution in [2.24, 2.45) is 0 Å². The van der Waals surface area contributed by atoms with Gasteiger partial charge in [0.15, 0.2) is 0 Å². The molecule has 0 saturated carbocycles. The van der Waals surface area contributed by atoms with Crippen molar-refractivity contribution in [2.75, 3.05) is 6.54 Å². The number of aliphatic carboxylic acids is 1. The summed E-state index contributed by atoms with van der Waals surface area (Å²) in [6.07, 6.45) is 0. The van der Waals surface area contributed by atoms with E-state index in [4.69, 9.17) is 0 Å². The minimum atomic E-state index is -1.30. The zero-order chi connectivity index (χ0) is 13.1. The van der Waals surface area contributed by atoms with Gasteiger partial charge >= 0.3 is 0 Å². The number of nitrogens with one attached hydrogen (secondary N) is 1. The lowest BCUT2D eigenvalue weighted by Crippen LogP contribution is -2.37. The summed E-state index contributed by atoms with van der Waals surface area (Å²) in [6, 6.07) is 7.11. The van der Waals surface area contributed by atoms with Crippen LogP contribution in [0.5, 0.6) is 0 Å². The lowest BCUT2D eigenvalue weighted by Gasteiger charge is -2.19. The summed E-state index contributed by atoms with van der Waals surface area (Å²) < 4.78 is 0. The van der Waals surface area contributed by atoms with Crippen molar-refractivity contribution in [3.05, 3.63) is 35.4 Å². The van der Waals surface area contributed by atoms with Gasteiger partial charge in [-0.1, -0.05) is 32.9 Å². The maximum atomic E-state index is 11.5. The standard InChI is InChI=1S/C13H17NO3/c1-13(2,3)10-6-4-9(5-7-10)12(17)14-8-11(15)16/h4-7H,8H2,1-3H3,(H,14,17)(H,15,16)/p-1. The average Bonchev–Trinajstić information content (AvgIpc) is 2.25. The molecule has 0 unspecified atom stereocenters. The number of hydrogen-bond donors (Lipinski definition) is 1. The van der Waals surface area contributed by atoms with E-state index in [2.05, 4.69) is 26.1 Å². The van der Waals surface area contributed by atoms with Crippen molar-refractivity contribution in [3.8, 4) is 0 Å². The van der Waals surface area contributed by atoms with Crippen LogP contribution < -0.4 is 10.4 Å². The first kappa shape index (κ1) is 13.2. The van der Waals surface area contributed by atoms with Crippen molar-refractivity contribution in [3.63, 3.8) is 0 Å². The second kappa shape index (κ2) is 4.99. The first-order valence-corrected chi connectivity index (χ1v) is 5.39. The van der Waals surface area contributed by atoms with E-state index in [-0.39, 0.29) is 5.41 Å². The summed E-state index contributed by atoms with van der Waals surface area (Å²) in [5.74, 6) is -1.71. The lowest BCUT2D eigenvalue weighted by molar-refractivity contribution is -0.303. The van der Waals surface area contributed by atoms with Crippen LogP contribution in [0, 0.1) is 0 Å². The largest absolute Gasteiger partial charge is 0.548 e. The topological polar surface area (TPSA) is 69.2 Å². The second-order valence-electron chi connectivity index (χ2n) is 4.88. The van der Waals surface area contributed by atoms with E-state index in [9.17, 15) is 14.7 Å². The fourth-order valence-electron chi connectivity index (χ4n) is 1.38. The molecular formula is C13H16NO3-. The molecule has 1 aromatic rings. The Morgan fingerprint density at radius 2 is 1.71 bits per heavy atom. The molecular weight excluding hydrogens is 218 g/mol. The van der Waals surface area contributed by atoms with Gasteiger partial charge in [0.05, 0.1) is 12.5 Å². The third-order valence-electron chi connectivity index (χ3n) is 2.41. The quantitative estimate of drug-likeness (QED) is 0.826. The lowest BCUT2D eigenvalue weighted by atomic mass is 9.87.